The monoisotopic (exact) mass is 526 g/mol. The van der Waals surface area contributed by atoms with Gasteiger partial charge in [-0.25, -0.2) is 0 Å². The Kier molecular flexibility index (Phi) is 5.87. The molecule has 0 saturated carbocycles. The van der Waals surface area contributed by atoms with Crippen LogP contribution in [-0.4, -0.2) is 0 Å². The minimum absolute atomic E-state index is 0.767. The van der Waals surface area contributed by atoms with Gasteiger partial charge in [-0.2, -0.15) is 0 Å². The van der Waals surface area contributed by atoms with Crippen LogP contribution < -0.4 is 4.52 Å². The van der Waals surface area contributed by atoms with Crippen molar-refractivity contribution >= 4 is 68.6 Å². The van der Waals surface area contributed by atoms with E-state index in [1.807, 2.05) is 18.2 Å². The third kappa shape index (κ3) is 4.07. The molecule has 0 spiro atoms. The molecule has 0 bridgehead atoms. The van der Waals surface area contributed by atoms with Crippen LogP contribution in [0, 0.1) is 6.92 Å². The summed E-state index contributed by atoms with van der Waals surface area (Å²) in [5, 5.41) is 8.69. The van der Waals surface area contributed by atoms with Gasteiger partial charge in [-0.15, -0.1) is 0 Å². The molecule has 7 rings (SSSR count). The van der Waals surface area contributed by atoms with E-state index < -0.39 is 8.24 Å². The lowest BCUT2D eigenvalue weighted by atomic mass is 9.97. The molecule has 1 heterocycles. The standard InChI is InChI=1S/C35H27O3P/c1-3-4-11-24-18-20-31-33(23(24)2)34-28-15-8-5-12-25(28)19-21-32(34)37-39(36-31)38-35-29-16-9-6-13-26(29)22-27-14-7-10-17-30(27)35/h4-22H,3H2,1-2H3/b11-4-. The summed E-state index contributed by atoms with van der Waals surface area (Å²) in [4.78, 5) is 0. The SMILES string of the molecule is CC/C=C\c1ccc2op(Oc3c4ccccc4cc4ccccc34)oc3ccc4ccccc4c3c2c1C. The lowest BCUT2D eigenvalue weighted by molar-refractivity contribution is 0.504. The van der Waals surface area contributed by atoms with Crippen LogP contribution in [0.15, 0.2) is 118 Å². The molecule has 0 aliphatic carbocycles. The average molecular weight is 527 g/mol. The summed E-state index contributed by atoms with van der Waals surface area (Å²) in [6.07, 6.45) is 5.36. The Morgan fingerprint density at radius 1 is 0.667 bits per heavy atom. The number of rotatable bonds is 4. The number of fused-ring (bicyclic) bond motifs is 7. The lowest BCUT2D eigenvalue weighted by Gasteiger charge is -2.10. The molecule has 0 aliphatic rings. The van der Waals surface area contributed by atoms with Crippen LogP contribution in [0.3, 0.4) is 0 Å². The molecule has 0 N–H and O–H groups in total. The van der Waals surface area contributed by atoms with Gasteiger partial charge in [0.15, 0.2) is 5.75 Å². The Hall–Kier alpha value is -4.46. The summed E-state index contributed by atoms with van der Waals surface area (Å²) in [5.74, 6) is 0.778. The molecular formula is C35H27O3P. The summed E-state index contributed by atoms with van der Waals surface area (Å²) >= 11 is 0. The Morgan fingerprint density at radius 2 is 1.26 bits per heavy atom. The number of hydrogen-bond acceptors (Lipinski definition) is 3. The second kappa shape index (κ2) is 9.69. The fourth-order valence-corrected chi connectivity index (χ4v) is 6.54. The molecule has 0 aliphatic heterocycles. The summed E-state index contributed by atoms with van der Waals surface area (Å²) < 4.78 is 20.0. The second-order valence-electron chi connectivity index (χ2n) is 9.77. The van der Waals surface area contributed by atoms with Crippen molar-refractivity contribution in [3.63, 3.8) is 0 Å². The van der Waals surface area contributed by atoms with Crippen LogP contribution in [0.25, 0.3) is 60.3 Å². The smallest absolute Gasteiger partial charge is 0.390 e. The third-order valence-corrected chi connectivity index (χ3v) is 8.40. The van der Waals surface area contributed by atoms with E-state index in [0.717, 1.165) is 72.0 Å². The van der Waals surface area contributed by atoms with Crippen LogP contribution in [0.5, 0.6) is 5.75 Å². The van der Waals surface area contributed by atoms with Crippen molar-refractivity contribution < 1.29 is 12.9 Å². The maximum Gasteiger partial charge on any atom is 0.453 e. The topological polar surface area (TPSA) is 35.5 Å². The van der Waals surface area contributed by atoms with E-state index in [-0.39, 0.29) is 0 Å². The van der Waals surface area contributed by atoms with Crippen LogP contribution in [0.4, 0.5) is 0 Å². The Balaban J connectivity index is 1.57. The van der Waals surface area contributed by atoms with E-state index in [2.05, 4.69) is 111 Å². The van der Waals surface area contributed by atoms with Crippen LogP contribution in [0.2, 0.25) is 0 Å². The predicted octanol–water partition coefficient (Wildman–Crippen LogP) is 11.3. The first kappa shape index (κ1) is 23.6. The highest BCUT2D eigenvalue weighted by molar-refractivity contribution is 7.32. The van der Waals surface area contributed by atoms with E-state index >= 15 is 0 Å². The lowest BCUT2D eigenvalue weighted by Crippen LogP contribution is -1.86. The molecule has 4 heteroatoms. The van der Waals surface area contributed by atoms with Crippen LogP contribution >= 0.6 is 8.24 Å². The van der Waals surface area contributed by atoms with Crippen LogP contribution in [0.1, 0.15) is 24.5 Å². The first-order chi connectivity index (χ1) is 19.2. The molecule has 0 fully saturated rings. The van der Waals surface area contributed by atoms with Gasteiger partial charge in [0.2, 0.25) is 0 Å². The minimum Gasteiger partial charge on any atom is -0.390 e. The highest BCUT2D eigenvalue weighted by atomic mass is 31.1. The maximum atomic E-state index is 6.73. The summed E-state index contributed by atoms with van der Waals surface area (Å²) in [6.45, 7) is 4.31. The van der Waals surface area contributed by atoms with E-state index in [0.29, 0.717) is 0 Å². The molecule has 1 unspecified atom stereocenters. The molecule has 3 nitrogen and oxygen atoms in total. The summed E-state index contributed by atoms with van der Waals surface area (Å²) in [5.41, 5.74) is 3.87. The van der Waals surface area contributed by atoms with Crippen molar-refractivity contribution in [2.45, 2.75) is 20.3 Å². The van der Waals surface area contributed by atoms with Gasteiger partial charge in [0.1, 0.15) is 11.2 Å². The summed E-state index contributed by atoms with van der Waals surface area (Å²) in [6, 6.07) is 35.6. The number of allylic oxidation sites excluding steroid dienone is 1. The maximum absolute atomic E-state index is 6.73. The molecular weight excluding hydrogens is 499 g/mol. The molecule has 0 saturated heterocycles. The molecule has 0 amide bonds. The summed E-state index contributed by atoms with van der Waals surface area (Å²) in [7, 11) is -1.80. The quantitative estimate of drug-likeness (QED) is 0.214. The highest BCUT2D eigenvalue weighted by Crippen LogP contribution is 2.44. The minimum atomic E-state index is -1.80. The van der Waals surface area contributed by atoms with E-state index in [1.54, 1.807) is 0 Å². The van der Waals surface area contributed by atoms with E-state index in [1.165, 1.54) is 5.56 Å². The van der Waals surface area contributed by atoms with Crippen molar-refractivity contribution in [1.29, 1.82) is 0 Å². The first-order valence-corrected chi connectivity index (χ1v) is 14.4. The van der Waals surface area contributed by atoms with Crippen molar-refractivity contribution in [3.05, 3.63) is 120 Å². The third-order valence-electron chi connectivity index (χ3n) is 7.38. The van der Waals surface area contributed by atoms with Crippen LogP contribution in [-0.2, 0) is 0 Å². The second-order valence-corrected chi connectivity index (χ2v) is 10.8. The first-order valence-electron chi connectivity index (χ1n) is 13.3. The Bertz CT molecular complexity index is 2050. The van der Waals surface area contributed by atoms with E-state index in [9.17, 15) is 0 Å². The molecule has 1 atom stereocenters. The van der Waals surface area contributed by atoms with Gasteiger partial charge in [0, 0.05) is 21.5 Å². The molecule has 1 aromatic heterocycles. The Morgan fingerprint density at radius 3 is 1.95 bits per heavy atom. The molecule has 0 radical (unpaired) electrons. The number of benzene rings is 6. The van der Waals surface area contributed by atoms with E-state index in [4.69, 9.17) is 12.9 Å². The zero-order valence-corrected chi connectivity index (χ0v) is 22.7. The van der Waals surface area contributed by atoms with Gasteiger partial charge >= 0.3 is 8.24 Å². The zero-order chi connectivity index (χ0) is 26.3. The largest absolute Gasteiger partial charge is 0.453 e. The number of aryl methyl sites for hydroxylation is 1. The van der Waals surface area contributed by atoms with Gasteiger partial charge in [-0.3, -0.25) is 0 Å². The zero-order valence-electron chi connectivity index (χ0n) is 21.8. The predicted molar refractivity (Wildman–Crippen MR) is 165 cm³/mol. The fourth-order valence-electron chi connectivity index (χ4n) is 5.46. The van der Waals surface area contributed by atoms with Gasteiger partial charge in [0.05, 0.1) is 0 Å². The molecule has 39 heavy (non-hydrogen) atoms. The number of hydrogen-bond donors (Lipinski definition) is 0. The highest BCUT2D eigenvalue weighted by Gasteiger charge is 2.17. The Labute approximate surface area is 227 Å². The van der Waals surface area contributed by atoms with Gasteiger partial charge in [-0.1, -0.05) is 104 Å². The van der Waals surface area contributed by atoms with Gasteiger partial charge in [-0.05, 0) is 64.2 Å². The molecule has 6 aromatic carbocycles. The fraction of sp³-hybridized carbons (Fsp3) is 0.0857. The van der Waals surface area contributed by atoms with Crippen molar-refractivity contribution in [2.75, 3.05) is 0 Å². The van der Waals surface area contributed by atoms with Crippen molar-refractivity contribution in [1.82, 2.24) is 0 Å². The van der Waals surface area contributed by atoms with Crippen molar-refractivity contribution in [2.24, 2.45) is 0 Å². The van der Waals surface area contributed by atoms with Crippen molar-refractivity contribution in [3.8, 4) is 5.75 Å². The van der Waals surface area contributed by atoms with Gasteiger partial charge in [0.25, 0.3) is 0 Å². The normalized spacial score (nSPS) is 12.3. The molecule has 190 valence electrons. The average Bonchev–Trinajstić information content (AvgIpc) is 3.13. The van der Waals surface area contributed by atoms with Gasteiger partial charge < -0.3 is 12.9 Å². The molecule has 7 aromatic rings.